The van der Waals surface area contributed by atoms with Gasteiger partial charge in [-0.1, -0.05) is 38.1 Å². The molecule has 2 unspecified atom stereocenters. The van der Waals surface area contributed by atoms with Gasteiger partial charge >= 0.3 is 0 Å². The Morgan fingerprint density at radius 3 is 2.65 bits per heavy atom. The molecule has 1 N–H and O–H groups in total. The van der Waals surface area contributed by atoms with E-state index in [9.17, 15) is 0 Å². The number of rotatable bonds is 1. The van der Waals surface area contributed by atoms with Crippen molar-refractivity contribution in [2.75, 3.05) is 12.4 Å². The second kappa shape index (κ2) is 3.78. The van der Waals surface area contributed by atoms with E-state index < -0.39 is 0 Å². The lowest BCUT2D eigenvalue weighted by atomic mass is 9.75. The summed E-state index contributed by atoms with van der Waals surface area (Å²) in [5, 5.41) is 3.70. The highest BCUT2D eigenvalue weighted by Crippen LogP contribution is 2.60. The highest BCUT2D eigenvalue weighted by molar-refractivity contribution is 5.68. The fraction of sp³-hybridized carbons (Fsp3) is 0.333. The van der Waals surface area contributed by atoms with Gasteiger partial charge in [0.25, 0.3) is 0 Å². The van der Waals surface area contributed by atoms with Gasteiger partial charge in [-0.2, -0.15) is 0 Å². The van der Waals surface area contributed by atoms with Gasteiger partial charge in [0.05, 0.1) is 13.2 Å². The van der Waals surface area contributed by atoms with Crippen molar-refractivity contribution >= 4 is 5.69 Å². The summed E-state index contributed by atoms with van der Waals surface area (Å²) in [6, 6.07) is 15.6. The Morgan fingerprint density at radius 1 is 1.05 bits per heavy atom. The number of hydrogen-bond donors (Lipinski definition) is 1. The topological polar surface area (TPSA) is 21.3 Å². The first-order valence-corrected chi connectivity index (χ1v) is 7.17. The summed E-state index contributed by atoms with van der Waals surface area (Å²) in [6.07, 6.45) is 0. The quantitative estimate of drug-likeness (QED) is 0.833. The van der Waals surface area contributed by atoms with Gasteiger partial charge in [0, 0.05) is 11.6 Å². The van der Waals surface area contributed by atoms with Crippen LogP contribution in [0.25, 0.3) is 0 Å². The molecule has 1 aliphatic carbocycles. The minimum absolute atomic E-state index is 0.145. The molecule has 0 fully saturated rings. The van der Waals surface area contributed by atoms with Crippen molar-refractivity contribution in [2.24, 2.45) is 0 Å². The Morgan fingerprint density at radius 2 is 1.85 bits per heavy atom. The first kappa shape index (κ1) is 11.8. The van der Waals surface area contributed by atoms with Crippen molar-refractivity contribution in [1.82, 2.24) is 0 Å². The van der Waals surface area contributed by atoms with E-state index in [1.54, 1.807) is 7.11 Å². The average molecular weight is 265 g/mol. The fourth-order valence-electron chi connectivity index (χ4n) is 4.07. The molecular weight excluding hydrogens is 246 g/mol. The molecule has 2 atom stereocenters. The zero-order valence-electron chi connectivity index (χ0n) is 12.1. The second-order valence-corrected chi connectivity index (χ2v) is 6.36. The number of ether oxygens (including phenoxy) is 1. The monoisotopic (exact) mass is 265 g/mol. The molecule has 4 rings (SSSR count). The van der Waals surface area contributed by atoms with Gasteiger partial charge in [0.2, 0.25) is 0 Å². The number of benzene rings is 2. The molecule has 2 aromatic carbocycles. The number of nitrogens with one attached hydrogen (secondary N) is 1. The van der Waals surface area contributed by atoms with E-state index in [0.29, 0.717) is 12.0 Å². The predicted octanol–water partition coefficient (Wildman–Crippen LogP) is 4.24. The molecule has 20 heavy (non-hydrogen) atoms. The molecule has 0 amide bonds. The van der Waals surface area contributed by atoms with Crippen LogP contribution in [0, 0.1) is 0 Å². The van der Waals surface area contributed by atoms with Crippen molar-refractivity contribution in [3.8, 4) is 5.75 Å². The van der Waals surface area contributed by atoms with E-state index >= 15 is 0 Å². The smallest absolute Gasteiger partial charge is 0.119 e. The van der Waals surface area contributed by atoms with Crippen LogP contribution >= 0.6 is 0 Å². The minimum atomic E-state index is 0.145. The van der Waals surface area contributed by atoms with Crippen LogP contribution in [0.2, 0.25) is 0 Å². The average Bonchev–Trinajstić information content (AvgIpc) is 2.94. The van der Waals surface area contributed by atoms with Crippen LogP contribution in [0.3, 0.4) is 0 Å². The largest absolute Gasteiger partial charge is 0.497 e. The van der Waals surface area contributed by atoms with Crippen molar-refractivity contribution < 1.29 is 4.74 Å². The Hall–Kier alpha value is -1.96. The van der Waals surface area contributed by atoms with Gasteiger partial charge < -0.3 is 10.1 Å². The van der Waals surface area contributed by atoms with E-state index in [0.717, 1.165) is 5.75 Å². The summed E-state index contributed by atoms with van der Waals surface area (Å²) in [6.45, 7) is 4.71. The maximum absolute atomic E-state index is 5.41. The molecule has 0 saturated heterocycles. The van der Waals surface area contributed by atoms with Crippen LogP contribution in [0.5, 0.6) is 5.75 Å². The highest BCUT2D eigenvalue weighted by atomic mass is 16.5. The summed E-state index contributed by atoms with van der Waals surface area (Å²) in [4.78, 5) is 0. The van der Waals surface area contributed by atoms with Crippen molar-refractivity contribution in [2.45, 2.75) is 31.2 Å². The normalized spacial score (nSPS) is 24.6. The molecule has 0 saturated carbocycles. The Labute approximate surface area is 119 Å². The Bertz CT molecular complexity index is 690. The molecular formula is C18H19NO. The van der Waals surface area contributed by atoms with E-state index in [1.807, 2.05) is 6.07 Å². The molecule has 1 heterocycles. The first-order valence-electron chi connectivity index (χ1n) is 7.17. The minimum Gasteiger partial charge on any atom is -0.497 e. The van der Waals surface area contributed by atoms with Crippen molar-refractivity contribution in [1.29, 1.82) is 0 Å². The molecule has 2 aliphatic rings. The molecule has 0 spiro atoms. The SMILES string of the molecule is COc1ccc2c(c1)C1C(N2)c2ccccc2C1(C)C. The van der Waals surface area contributed by atoms with Crippen LogP contribution < -0.4 is 10.1 Å². The molecule has 2 nitrogen and oxygen atoms in total. The standard InChI is InChI=1S/C18H19NO/c1-18(2)14-7-5-4-6-12(14)17-16(18)13-10-11(20-3)8-9-15(13)19-17/h4-10,16-17,19H,1-3H3. The number of hydrogen-bond acceptors (Lipinski definition) is 2. The van der Waals surface area contributed by atoms with Crippen LogP contribution in [0.15, 0.2) is 42.5 Å². The lowest BCUT2D eigenvalue weighted by molar-refractivity contribution is 0.408. The molecule has 2 aromatic rings. The summed E-state index contributed by atoms with van der Waals surface area (Å²) >= 11 is 0. The van der Waals surface area contributed by atoms with Crippen LogP contribution in [-0.2, 0) is 5.41 Å². The van der Waals surface area contributed by atoms with E-state index in [1.165, 1.54) is 22.4 Å². The lowest BCUT2D eigenvalue weighted by Gasteiger charge is -2.28. The lowest BCUT2D eigenvalue weighted by Crippen LogP contribution is -2.22. The fourth-order valence-corrected chi connectivity index (χ4v) is 4.07. The van der Waals surface area contributed by atoms with Crippen molar-refractivity contribution in [3.63, 3.8) is 0 Å². The van der Waals surface area contributed by atoms with Gasteiger partial charge in [0.1, 0.15) is 5.75 Å². The molecule has 0 radical (unpaired) electrons. The molecule has 0 bridgehead atoms. The third kappa shape index (κ3) is 1.34. The number of fused-ring (bicyclic) bond motifs is 5. The third-order valence-corrected chi connectivity index (χ3v) is 5.01. The van der Waals surface area contributed by atoms with Gasteiger partial charge in [-0.05, 0) is 40.3 Å². The van der Waals surface area contributed by atoms with Gasteiger partial charge in [-0.25, -0.2) is 0 Å². The number of anilines is 1. The van der Waals surface area contributed by atoms with Gasteiger partial charge in [-0.15, -0.1) is 0 Å². The van der Waals surface area contributed by atoms with Crippen LogP contribution in [0.4, 0.5) is 5.69 Å². The summed E-state index contributed by atoms with van der Waals surface area (Å²) in [7, 11) is 1.73. The predicted molar refractivity (Wildman–Crippen MR) is 81.6 cm³/mol. The zero-order chi connectivity index (χ0) is 13.9. The summed E-state index contributed by atoms with van der Waals surface area (Å²) in [5.74, 6) is 1.42. The van der Waals surface area contributed by atoms with Crippen LogP contribution in [0.1, 0.15) is 42.5 Å². The number of methoxy groups -OCH3 is 1. The van der Waals surface area contributed by atoms with Crippen molar-refractivity contribution in [3.05, 3.63) is 59.2 Å². The van der Waals surface area contributed by atoms with Crippen LogP contribution in [-0.4, -0.2) is 7.11 Å². The molecule has 0 aromatic heterocycles. The second-order valence-electron chi connectivity index (χ2n) is 6.36. The van der Waals surface area contributed by atoms with E-state index in [4.69, 9.17) is 4.74 Å². The maximum atomic E-state index is 5.41. The molecule has 102 valence electrons. The molecule has 1 aliphatic heterocycles. The first-order chi connectivity index (χ1) is 9.63. The zero-order valence-corrected chi connectivity index (χ0v) is 12.1. The maximum Gasteiger partial charge on any atom is 0.119 e. The summed E-state index contributed by atoms with van der Waals surface area (Å²) in [5.41, 5.74) is 5.69. The Kier molecular flexibility index (Phi) is 2.24. The Balaban J connectivity index is 1.91. The summed E-state index contributed by atoms with van der Waals surface area (Å²) < 4.78 is 5.41. The van der Waals surface area contributed by atoms with Gasteiger partial charge in [-0.3, -0.25) is 0 Å². The van der Waals surface area contributed by atoms with E-state index in [-0.39, 0.29) is 5.41 Å². The van der Waals surface area contributed by atoms with Gasteiger partial charge in [0.15, 0.2) is 0 Å². The van der Waals surface area contributed by atoms with E-state index in [2.05, 4.69) is 55.6 Å². The molecule has 2 heteroatoms. The third-order valence-electron chi connectivity index (χ3n) is 5.01. The highest BCUT2D eigenvalue weighted by Gasteiger charge is 2.50.